The Bertz CT molecular complexity index is 1160. The SMILES string of the molecule is COc1cccc(C(=O)NNC(=O)Cc2ccc(Cl)c(Oc3cc(Cl)cc(Br)c3)c2F)c1. The lowest BCUT2D eigenvalue weighted by Crippen LogP contribution is -2.42. The lowest BCUT2D eigenvalue weighted by atomic mass is 10.1. The molecule has 0 atom stereocenters. The maximum atomic E-state index is 15.0. The van der Waals surface area contributed by atoms with Gasteiger partial charge in [0.15, 0.2) is 11.6 Å². The molecule has 0 unspecified atom stereocenters. The van der Waals surface area contributed by atoms with E-state index >= 15 is 0 Å². The van der Waals surface area contributed by atoms with Crippen molar-refractivity contribution in [1.82, 2.24) is 10.9 Å². The van der Waals surface area contributed by atoms with Crippen molar-refractivity contribution in [1.29, 1.82) is 0 Å². The second-order valence-electron chi connectivity index (χ2n) is 6.47. The third-order valence-corrected chi connectivity index (χ3v) is 5.16. The minimum atomic E-state index is -0.803. The van der Waals surface area contributed by atoms with Gasteiger partial charge in [0, 0.05) is 20.6 Å². The molecule has 0 spiro atoms. The first-order valence-corrected chi connectivity index (χ1v) is 10.7. The molecule has 0 fully saturated rings. The zero-order chi connectivity index (χ0) is 23.3. The molecular weight excluding hydrogens is 526 g/mol. The molecule has 0 aliphatic rings. The molecular formula is C22H16BrCl2FN2O4. The summed E-state index contributed by atoms with van der Waals surface area (Å²) in [7, 11) is 1.47. The number of hydrogen-bond donors (Lipinski definition) is 2. The molecule has 0 aliphatic carbocycles. The van der Waals surface area contributed by atoms with E-state index in [4.69, 9.17) is 32.7 Å². The van der Waals surface area contributed by atoms with Gasteiger partial charge in [-0.3, -0.25) is 20.4 Å². The van der Waals surface area contributed by atoms with Gasteiger partial charge in [-0.2, -0.15) is 0 Å². The molecule has 0 aliphatic heterocycles. The van der Waals surface area contributed by atoms with Crippen LogP contribution in [0.5, 0.6) is 17.2 Å². The van der Waals surface area contributed by atoms with Crippen molar-refractivity contribution in [2.24, 2.45) is 0 Å². The Morgan fingerprint density at radius 1 is 1.03 bits per heavy atom. The van der Waals surface area contributed by atoms with E-state index in [-0.39, 0.29) is 34.1 Å². The third-order valence-electron chi connectivity index (χ3n) is 4.18. The normalized spacial score (nSPS) is 10.4. The molecule has 3 aromatic carbocycles. The van der Waals surface area contributed by atoms with Crippen LogP contribution in [0.25, 0.3) is 0 Å². The molecule has 2 amide bonds. The summed E-state index contributed by atoms with van der Waals surface area (Å²) in [5.41, 5.74) is 4.83. The molecule has 6 nitrogen and oxygen atoms in total. The van der Waals surface area contributed by atoms with Crippen LogP contribution in [-0.4, -0.2) is 18.9 Å². The first-order valence-electron chi connectivity index (χ1n) is 9.11. The summed E-state index contributed by atoms with van der Waals surface area (Å²) in [6, 6.07) is 13.9. The Morgan fingerprint density at radius 3 is 2.53 bits per heavy atom. The van der Waals surface area contributed by atoms with Crippen molar-refractivity contribution >= 4 is 50.9 Å². The summed E-state index contributed by atoms with van der Waals surface area (Å²) in [6.07, 6.45) is -0.364. The molecule has 3 aromatic rings. The van der Waals surface area contributed by atoms with Crippen molar-refractivity contribution < 1.29 is 23.5 Å². The second kappa shape index (κ2) is 10.7. The molecule has 10 heteroatoms. The number of carbonyl (C=O) groups is 2. The lowest BCUT2D eigenvalue weighted by molar-refractivity contribution is -0.121. The number of carbonyl (C=O) groups excluding carboxylic acids is 2. The highest BCUT2D eigenvalue weighted by Crippen LogP contribution is 2.36. The van der Waals surface area contributed by atoms with Crippen molar-refractivity contribution in [3.63, 3.8) is 0 Å². The van der Waals surface area contributed by atoms with Crippen LogP contribution in [-0.2, 0) is 11.2 Å². The van der Waals surface area contributed by atoms with Crippen LogP contribution < -0.4 is 20.3 Å². The highest BCUT2D eigenvalue weighted by Gasteiger charge is 2.18. The number of amides is 2. The second-order valence-corrected chi connectivity index (χ2v) is 8.23. The quantitative estimate of drug-likeness (QED) is 0.392. The standard InChI is InChI=1S/C22H16BrCl2FN2O4/c1-31-16-4-2-3-13(7-16)22(30)28-27-19(29)8-12-5-6-18(25)21(20(12)26)32-17-10-14(23)9-15(24)11-17/h2-7,9-11H,8H2,1H3,(H,27,29)(H,28,30). The first kappa shape index (κ1) is 23.8. The highest BCUT2D eigenvalue weighted by atomic mass is 79.9. The molecule has 0 aromatic heterocycles. The monoisotopic (exact) mass is 540 g/mol. The van der Waals surface area contributed by atoms with Gasteiger partial charge in [-0.1, -0.05) is 51.3 Å². The molecule has 32 heavy (non-hydrogen) atoms. The molecule has 0 bridgehead atoms. The fraction of sp³-hybridized carbons (Fsp3) is 0.0909. The van der Waals surface area contributed by atoms with Gasteiger partial charge in [0.1, 0.15) is 11.5 Å². The fourth-order valence-electron chi connectivity index (χ4n) is 2.69. The van der Waals surface area contributed by atoms with Gasteiger partial charge in [-0.25, -0.2) is 4.39 Å². The predicted molar refractivity (Wildman–Crippen MR) is 123 cm³/mol. The van der Waals surface area contributed by atoms with Crippen molar-refractivity contribution in [3.05, 3.63) is 86.1 Å². The molecule has 0 heterocycles. The van der Waals surface area contributed by atoms with Gasteiger partial charge in [0.05, 0.1) is 18.6 Å². The maximum absolute atomic E-state index is 15.0. The van der Waals surface area contributed by atoms with Crippen molar-refractivity contribution in [2.45, 2.75) is 6.42 Å². The summed E-state index contributed by atoms with van der Waals surface area (Å²) in [6.45, 7) is 0. The Balaban J connectivity index is 1.68. The molecule has 0 saturated carbocycles. The Labute approximate surface area is 201 Å². The number of nitrogens with one attached hydrogen (secondary N) is 2. The van der Waals surface area contributed by atoms with E-state index in [9.17, 15) is 14.0 Å². The van der Waals surface area contributed by atoms with Crippen LogP contribution in [0.4, 0.5) is 4.39 Å². The van der Waals surface area contributed by atoms with E-state index in [2.05, 4.69) is 26.8 Å². The largest absolute Gasteiger partial charge is 0.497 e. The van der Waals surface area contributed by atoms with Crippen LogP contribution in [0.3, 0.4) is 0 Å². The van der Waals surface area contributed by atoms with E-state index < -0.39 is 17.6 Å². The van der Waals surface area contributed by atoms with E-state index in [0.29, 0.717) is 15.2 Å². The summed E-state index contributed by atoms with van der Waals surface area (Å²) >= 11 is 15.4. The number of hydrazine groups is 1. The van der Waals surface area contributed by atoms with E-state index in [1.54, 1.807) is 30.3 Å². The van der Waals surface area contributed by atoms with Crippen LogP contribution in [0.2, 0.25) is 10.0 Å². The zero-order valence-corrected chi connectivity index (χ0v) is 19.6. The van der Waals surface area contributed by atoms with Gasteiger partial charge in [0.25, 0.3) is 5.91 Å². The Morgan fingerprint density at radius 2 is 1.81 bits per heavy atom. The molecule has 0 radical (unpaired) electrons. The van der Waals surface area contributed by atoms with Crippen molar-refractivity contribution in [2.75, 3.05) is 7.11 Å². The average molecular weight is 542 g/mol. The third kappa shape index (κ3) is 6.12. The number of halogens is 4. The lowest BCUT2D eigenvalue weighted by Gasteiger charge is -2.13. The van der Waals surface area contributed by atoms with Crippen LogP contribution >= 0.6 is 39.1 Å². The minimum absolute atomic E-state index is 0.0223. The zero-order valence-electron chi connectivity index (χ0n) is 16.5. The smallest absolute Gasteiger partial charge is 0.269 e. The van der Waals surface area contributed by atoms with Crippen LogP contribution in [0.15, 0.2) is 59.1 Å². The van der Waals surface area contributed by atoms with Crippen LogP contribution in [0.1, 0.15) is 15.9 Å². The van der Waals surface area contributed by atoms with E-state index in [1.807, 2.05) is 0 Å². The number of methoxy groups -OCH3 is 1. The molecule has 2 N–H and O–H groups in total. The highest BCUT2D eigenvalue weighted by molar-refractivity contribution is 9.10. The summed E-state index contributed by atoms with van der Waals surface area (Å²) in [5, 5.41) is 0.405. The number of hydrogen-bond acceptors (Lipinski definition) is 4. The minimum Gasteiger partial charge on any atom is -0.497 e. The van der Waals surface area contributed by atoms with Gasteiger partial charge < -0.3 is 9.47 Å². The topological polar surface area (TPSA) is 76.7 Å². The van der Waals surface area contributed by atoms with E-state index in [0.717, 1.165) is 0 Å². The van der Waals surface area contributed by atoms with Gasteiger partial charge >= 0.3 is 0 Å². The van der Waals surface area contributed by atoms with Gasteiger partial charge in [-0.15, -0.1) is 0 Å². The molecule has 0 saturated heterocycles. The molecule has 3 rings (SSSR count). The van der Waals surface area contributed by atoms with Crippen molar-refractivity contribution in [3.8, 4) is 17.2 Å². The van der Waals surface area contributed by atoms with E-state index in [1.165, 1.54) is 31.4 Å². The fourth-order valence-corrected chi connectivity index (χ4v) is 3.70. The average Bonchev–Trinajstić information content (AvgIpc) is 2.76. The number of rotatable bonds is 6. The maximum Gasteiger partial charge on any atom is 0.269 e. The Hall–Kier alpha value is -2.81. The summed E-state index contributed by atoms with van der Waals surface area (Å²) in [4.78, 5) is 24.4. The number of ether oxygens (including phenoxy) is 2. The first-order chi connectivity index (χ1) is 15.3. The number of benzene rings is 3. The summed E-state index contributed by atoms with van der Waals surface area (Å²) < 4.78 is 26.3. The Kier molecular flexibility index (Phi) is 7.95. The molecule has 166 valence electrons. The predicted octanol–water partition coefficient (Wildman–Crippen LogP) is 5.70. The van der Waals surface area contributed by atoms with Gasteiger partial charge in [-0.05, 0) is 42.5 Å². The summed E-state index contributed by atoms with van der Waals surface area (Å²) in [5.74, 6) is -1.48. The van der Waals surface area contributed by atoms with Gasteiger partial charge in [0.2, 0.25) is 5.91 Å². The van der Waals surface area contributed by atoms with Crippen LogP contribution in [0, 0.1) is 5.82 Å².